The molecule has 3 amide bonds. The molecule has 132 valence electrons. The molecular weight excluding hydrogens is 373 g/mol. The Balaban J connectivity index is 1.54. The highest BCUT2D eigenvalue weighted by Gasteiger charge is 2.38. The van der Waals surface area contributed by atoms with Gasteiger partial charge in [0.1, 0.15) is 6.04 Å². The van der Waals surface area contributed by atoms with Gasteiger partial charge in [0, 0.05) is 23.0 Å². The lowest BCUT2D eigenvalue weighted by Gasteiger charge is -2.13. The molecule has 0 radical (unpaired) electrons. The van der Waals surface area contributed by atoms with Crippen molar-refractivity contribution in [3.8, 4) is 0 Å². The summed E-state index contributed by atoms with van der Waals surface area (Å²) in [5, 5.41) is 4.91. The first-order chi connectivity index (χ1) is 12.5. The number of fused-ring (bicyclic) bond motifs is 1. The van der Waals surface area contributed by atoms with Gasteiger partial charge in [0.15, 0.2) is 0 Å². The third-order valence-corrected chi connectivity index (χ3v) is 5.06. The fraction of sp³-hybridized carbons (Fsp3) is 0.158. The molecule has 1 aliphatic heterocycles. The lowest BCUT2D eigenvalue weighted by molar-refractivity contribution is -0.127. The van der Waals surface area contributed by atoms with Crippen molar-refractivity contribution in [3.63, 3.8) is 0 Å². The molecule has 0 saturated carbocycles. The second-order valence-corrected chi connectivity index (χ2v) is 7.08. The molecule has 0 spiro atoms. The van der Waals surface area contributed by atoms with E-state index in [2.05, 4.69) is 10.3 Å². The highest BCUT2D eigenvalue weighted by Crippen LogP contribution is 2.27. The second-order valence-electron chi connectivity index (χ2n) is 6.24. The number of urea groups is 1. The topological polar surface area (TPSA) is 65.2 Å². The maximum Gasteiger partial charge on any atom is 0.325 e. The predicted molar refractivity (Wildman–Crippen MR) is 101 cm³/mol. The number of halogens is 2. The molecule has 2 N–H and O–H groups in total. The van der Waals surface area contributed by atoms with Gasteiger partial charge in [-0.25, -0.2) is 4.79 Å². The molecule has 0 aliphatic carbocycles. The van der Waals surface area contributed by atoms with Crippen LogP contribution >= 0.6 is 23.2 Å². The van der Waals surface area contributed by atoms with Crippen LogP contribution in [0.3, 0.4) is 0 Å². The van der Waals surface area contributed by atoms with E-state index in [9.17, 15) is 9.59 Å². The number of rotatable bonds is 4. The summed E-state index contributed by atoms with van der Waals surface area (Å²) in [4.78, 5) is 29.3. The Bertz CT molecular complexity index is 1010. The van der Waals surface area contributed by atoms with Gasteiger partial charge in [-0.3, -0.25) is 9.69 Å². The van der Waals surface area contributed by atoms with Crippen LogP contribution in [0.2, 0.25) is 10.0 Å². The molecule has 1 atom stereocenters. The van der Waals surface area contributed by atoms with Crippen molar-refractivity contribution in [1.82, 2.24) is 15.2 Å². The minimum atomic E-state index is -0.598. The number of benzene rings is 2. The van der Waals surface area contributed by atoms with Gasteiger partial charge in [0.05, 0.1) is 17.1 Å². The Hall–Kier alpha value is -2.50. The van der Waals surface area contributed by atoms with Crippen LogP contribution in [0.25, 0.3) is 10.9 Å². The van der Waals surface area contributed by atoms with E-state index < -0.39 is 12.1 Å². The Morgan fingerprint density at radius 2 is 1.88 bits per heavy atom. The number of imide groups is 1. The summed E-state index contributed by atoms with van der Waals surface area (Å²) in [6, 6.07) is 11.8. The van der Waals surface area contributed by atoms with E-state index in [0.717, 1.165) is 22.0 Å². The van der Waals surface area contributed by atoms with E-state index in [1.165, 1.54) is 4.90 Å². The molecule has 5 nitrogen and oxygen atoms in total. The molecule has 1 fully saturated rings. The molecule has 2 aromatic carbocycles. The largest absolute Gasteiger partial charge is 0.360 e. The monoisotopic (exact) mass is 387 g/mol. The number of hydrogen-bond acceptors (Lipinski definition) is 2. The molecule has 1 saturated heterocycles. The summed E-state index contributed by atoms with van der Waals surface area (Å²) >= 11 is 12.2. The van der Waals surface area contributed by atoms with E-state index in [-0.39, 0.29) is 12.5 Å². The van der Waals surface area contributed by atoms with Crippen LogP contribution in [0.15, 0.2) is 48.7 Å². The Labute approximate surface area is 159 Å². The molecular formula is C19H15Cl2N3O2. The van der Waals surface area contributed by atoms with Gasteiger partial charge in [0.25, 0.3) is 5.91 Å². The molecule has 3 aromatic rings. The summed E-state index contributed by atoms with van der Waals surface area (Å²) in [7, 11) is 0. The summed E-state index contributed by atoms with van der Waals surface area (Å²) < 4.78 is 0. The molecule has 0 unspecified atom stereocenters. The van der Waals surface area contributed by atoms with Crippen molar-refractivity contribution in [2.24, 2.45) is 0 Å². The quantitative estimate of drug-likeness (QED) is 0.660. The van der Waals surface area contributed by atoms with Crippen molar-refractivity contribution in [2.45, 2.75) is 19.0 Å². The van der Waals surface area contributed by atoms with Gasteiger partial charge in [0.2, 0.25) is 0 Å². The highest BCUT2D eigenvalue weighted by atomic mass is 35.5. The molecule has 26 heavy (non-hydrogen) atoms. The van der Waals surface area contributed by atoms with Crippen molar-refractivity contribution in [3.05, 3.63) is 69.8 Å². The van der Waals surface area contributed by atoms with Gasteiger partial charge in [-0.2, -0.15) is 0 Å². The van der Waals surface area contributed by atoms with Gasteiger partial charge in [-0.1, -0.05) is 47.5 Å². The Kier molecular flexibility index (Phi) is 4.34. The van der Waals surface area contributed by atoms with Crippen LogP contribution in [0.1, 0.15) is 11.1 Å². The second kappa shape index (κ2) is 6.67. The molecule has 0 bridgehead atoms. The normalized spacial score (nSPS) is 17.2. The van der Waals surface area contributed by atoms with Crippen LogP contribution in [-0.2, 0) is 17.8 Å². The van der Waals surface area contributed by atoms with Crippen LogP contribution in [0, 0.1) is 0 Å². The first-order valence-corrected chi connectivity index (χ1v) is 8.89. The van der Waals surface area contributed by atoms with E-state index in [1.54, 1.807) is 24.3 Å². The van der Waals surface area contributed by atoms with Gasteiger partial charge in [-0.05, 0) is 29.3 Å². The number of amides is 3. The summed E-state index contributed by atoms with van der Waals surface area (Å²) in [5.41, 5.74) is 2.57. The zero-order chi connectivity index (χ0) is 18.3. The standard InChI is InChI=1S/C19H15Cl2N3O2/c20-13-4-1-3-11(7-13)10-24-18(25)16(23-19(24)26)8-12-9-22-17-14(12)5-2-6-15(17)21/h1-7,9,16,22H,8,10H2,(H,23,26)/t16-/m1/s1. The predicted octanol–water partition coefficient (Wildman–Crippen LogP) is 4.14. The molecule has 7 heteroatoms. The number of nitrogens with zero attached hydrogens (tertiary/aromatic N) is 1. The minimum absolute atomic E-state index is 0.196. The zero-order valence-corrected chi connectivity index (χ0v) is 15.1. The SMILES string of the molecule is O=C1N[C@H](Cc2c[nH]c3c(Cl)cccc23)C(=O)N1Cc1cccc(Cl)c1. The molecule has 4 rings (SSSR count). The van der Waals surface area contributed by atoms with Crippen molar-refractivity contribution in [2.75, 3.05) is 0 Å². The van der Waals surface area contributed by atoms with Crippen LogP contribution in [-0.4, -0.2) is 27.9 Å². The first kappa shape index (κ1) is 16.9. The number of H-pyrrole nitrogens is 1. The average Bonchev–Trinajstić information content (AvgIpc) is 3.13. The number of aromatic amines is 1. The van der Waals surface area contributed by atoms with E-state index >= 15 is 0 Å². The number of para-hydroxylation sites is 1. The number of nitrogens with one attached hydrogen (secondary N) is 2. The van der Waals surface area contributed by atoms with Crippen molar-refractivity contribution >= 4 is 46.0 Å². The van der Waals surface area contributed by atoms with E-state index in [4.69, 9.17) is 23.2 Å². The summed E-state index contributed by atoms with van der Waals surface area (Å²) in [6.07, 6.45) is 2.23. The maximum atomic E-state index is 12.7. The van der Waals surface area contributed by atoms with Gasteiger partial charge < -0.3 is 10.3 Å². The molecule has 2 heterocycles. The summed E-state index contributed by atoms with van der Waals surface area (Å²) in [6.45, 7) is 0.196. The fourth-order valence-electron chi connectivity index (χ4n) is 3.25. The van der Waals surface area contributed by atoms with Crippen LogP contribution in [0.4, 0.5) is 4.79 Å². The number of aromatic nitrogens is 1. The number of hydrogen-bond donors (Lipinski definition) is 2. The maximum absolute atomic E-state index is 12.7. The highest BCUT2D eigenvalue weighted by molar-refractivity contribution is 6.35. The van der Waals surface area contributed by atoms with E-state index in [0.29, 0.717) is 16.5 Å². The van der Waals surface area contributed by atoms with Gasteiger partial charge >= 0.3 is 6.03 Å². The fourth-order valence-corrected chi connectivity index (χ4v) is 3.69. The van der Waals surface area contributed by atoms with Crippen LogP contribution < -0.4 is 5.32 Å². The van der Waals surface area contributed by atoms with Crippen molar-refractivity contribution in [1.29, 1.82) is 0 Å². The number of carbonyl (C=O) groups excluding carboxylic acids is 2. The Morgan fingerprint density at radius 1 is 1.08 bits per heavy atom. The molecule has 1 aliphatic rings. The average molecular weight is 388 g/mol. The van der Waals surface area contributed by atoms with Crippen molar-refractivity contribution < 1.29 is 9.59 Å². The lowest BCUT2D eigenvalue weighted by atomic mass is 10.0. The minimum Gasteiger partial charge on any atom is -0.360 e. The smallest absolute Gasteiger partial charge is 0.325 e. The number of carbonyl (C=O) groups is 2. The third-order valence-electron chi connectivity index (χ3n) is 4.51. The lowest BCUT2D eigenvalue weighted by Crippen LogP contribution is -2.32. The zero-order valence-electron chi connectivity index (χ0n) is 13.6. The van der Waals surface area contributed by atoms with Gasteiger partial charge in [-0.15, -0.1) is 0 Å². The van der Waals surface area contributed by atoms with E-state index in [1.807, 2.05) is 24.4 Å². The summed E-state index contributed by atoms with van der Waals surface area (Å²) in [5.74, 6) is -0.244. The Morgan fingerprint density at radius 3 is 2.69 bits per heavy atom. The first-order valence-electron chi connectivity index (χ1n) is 8.14. The third kappa shape index (κ3) is 3.04. The molecule has 1 aromatic heterocycles. The van der Waals surface area contributed by atoms with Crippen LogP contribution in [0.5, 0.6) is 0 Å².